The van der Waals surface area contributed by atoms with Gasteiger partial charge in [0.2, 0.25) is 0 Å². The van der Waals surface area contributed by atoms with Crippen molar-refractivity contribution in [1.29, 1.82) is 0 Å². The second-order valence-corrected chi connectivity index (χ2v) is 4.43. The van der Waals surface area contributed by atoms with Crippen LogP contribution in [0, 0.1) is 0 Å². The van der Waals surface area contributed by atoms with Crippen LogP contribution < -0.4 is 5.73 Å². The molecule has 0 amide bonds. The van der Waals surface area contributed by atoms with Crippen molar-refractivity contribution in [2.45, 2.75) is 6.42 Å². The van der Waals surface area contributed by atoms with Gasteiger partial charge in [-0.15, -0.1) is 0 Å². The zero-order valence-corrected chi connectivity index (χ0v) is 10.7. The largest absolute Gasteiger partial charge is 0.335 e. The molecule has 0 spiro atoms. The molecule has 3 aromatic rings. The highest BCUT2D eigenvalue weighted by molar-refractivity contribution is 5.90. The molecule has 96 valence electrons. The van der Waals surface area contributed by atoms with Crippen LogP contribution in [0.4, 0.5) is 0 Å². The van der Waals surface area contributed by atoms with Gasteiger partial charge in [-0.05, 0) is 24.7 Å². The zero-order valence-electron chi connectivity index (χ0n) is 10.7. The number of hydrogen-bond donors (Lipinski definition) is 1. The summed E-state index contributed by atoms with van der Waals surface area (Å²) in [7, 11) is 1.98. The van der Waals surface area contributed by atoms with Gasteiger partial charge in [0.25, 0.3) is 0 Å². The molecule has 0 bridgehead atoms. The minimum atomic E-state index is 0.547. The van der Waals surface area contributed by atoms with Crippen molar-refractivity contribution in [3.05, 3.63) is 42.6 Å². The highest BCUT2D eigenvalue weighted by Gasteiger charge is 2.11. The van der Waals surface area contributed by atoms with E-state index < -0.39 is 0 Å². The van der Waals surface area contributed by atoms with Crippen molar-refractivity contribution >= 4 is 11.0 Å². The van der Waals surface area contributed by atoms with Crippen LogP contribution in [0.15, 0.2) is 36.8 Å². The summed E-state index contributed by atoms with van der Waals surface area (Å²) in [4.78, 5) is 13.3. The van der Waals surface area contributed by atoms with Crippen LogP contribution in [0.2, 0.25) is 0 Å². The third kappa shape index (κ3) is 2.08. The molecule has 0 saturated carbocycles. The molecule has 0 radical (unpaired) electrons. The average molecular weight is 253 g/mol. The molecule has 0 atom stereocenters. The van der Waals surface area contributed by atoms with Crippen LogP contribution in [0.25, 0.3) is 22.3 Å². The summed E-state index contributed by atoms with van der Waals surface area (Å²) in [5.41, 5.74) is 8.53. The maximum Gasteiger partial charge on any atom is 0.144 e. The first-order chi connectivity index (χ1) is 9.29. The van der Waals surface area contributed by atoms with Crippen LogP contribution in [0.1, 0.15) is 5.82 Å². The number of pyridine rings is 1. The van der Waals surface area contributed by atoms with Gasteiger partial charge in [0.15, 0.2) is 0 Å². The fourth-order valence-electron chi connectivity index (χ4n) is 2.15. The first-order valence-electron chi connectivity index (χ1n) is 6.22. The Morgan fingerprint density at radius 2 is 1.95 bits per heavy atom. The number of aryl methyl sites for hydroxylation is 1. The molecule has 5 nitrogen and oxygen atoms in total. The van der Waals surface area contributed by atoms with Crippen LogP contribution in [0.5, 0.6) is 0 Å². The number of hydrogen-bond acceptors (Lipinski definition) is 4. The maximum atomic E-state index is 5.61. The Morgan fingerprint density at radius 1 is 1.16 bits per heavy atom. The van der Waals surface area contributed by atoms with E-state index in [2.05, 4.69) is 15.0 Å². The topological polar surface area (TPSA) is 69.6 Å². The first kappa shape index (κ1) is 11.8. The molecule has 0 saturated heterocycles. The van der Waals surface area contributed by atoms with E-state index in [0.717, 1.165) is 28.1 Å². The molecule has 0 aliphatic carbocycles. The van der Waals surface area contributed by atoms with Gasteiger partial charge in [0, 0.05) is 43.0 Å². The number of aromatic nitrogens is 4. The van der Waals surface area contributed by atoms with E-state index in [0.29, 0.717) is 13.0 Å². The zero-order chi connectivity index (χ0) is 13.2. The van der Waals surface area contributed by atoms with E-state index in [-0.39, 0.29) is 0 Å². The minimum absolute atomic E-state index is 0.547. The molecule has 3 heterocycles. The second kappa shape index (κ2) is 4.78. The van der Waals surface area contributed by atoms with Crippen molar-refractivity contribution < 1.29 is 0 Å². The van der Waals surface area contributed by atoms with Gasteiger partial charge in [-0.25, -0.2) is 9.97 Å². The van der Waals surface area contributed by atoms with Crippen molar-refractivity contribution in [2.75, 3.05) is 6.54 Å². The lowest BCUT2D eigenvalue weighted by Gasteiger charge is -2.06. The summed E-state index contributed by atoms with van der Waals surface area (Å²) in [6, 6.07) is 5.96. The molecule has 0 unspecified atom stereocenters. The van der Waals surface area contributed by atoms with Crippen molar-refractivity contribution in [3.8, 4) is 11.3 Å². The summed E-state index contributed by atoms with van der Waals surface area (Å²) in [6.07, 6.45) is 6.22. The third-order valence-electron chi connectivity index (χ3n) is 3.09. The van der Waals surface area contributed by atoms with E-state index in [1.54, 1.807) is 12.4 Å². The van der Waals surface area contributed by atoms with Crippen LogP contribution in [-0.2, 0) is 13.5 Å². The molecule has 0 fully saturated rings. The Balaban J connectivity index is 2.27. The van der Waals surface area contributed by atoms with Gasteiger partial charge in [-0.3, -0.25) is 4.98 Å². The third-order valence-corrected chi connectivity index (χ3v) is 3.09. The normalized spacial score (nSPS) is 11.1. The summed E-state index contributed by atoms with van der Waals surface area (Å²) >= 11 is 0. The van der Waals surface area contributed by atoms with Gasteiger partial charge in [0.05, 0.1) is 5.69 Å². The van der Waals surface area contributed by atoms with Crippen LogP contribution >= 0.6 is 0 Å². The number of nitrogens with zero attached hydrogens (tertiary/aromatic N) is 4. The molecular weight excluding hydrogens is 238 g/mol. The van der Waals surface area contributed by atoms with Crippen LogP contribution in [0.3, 0.4) is 0 Å². The molecule has 5 heteroatoms. The molecule has 0 aliphatic rings. The summed E-state index contributed by atoms with van der Waals surface area (Å²) in [6.45, 7) is 0.547. The highest BCUT2D eigenvalue weighted by Crippen LogP contribution is 2.26. The molecule has 3 rings (SSSR count). The van der Waals surface area contributed by atoms with Gasteiger partial charge >= 0.3 is 0 Å². The standard InChI is InChI=1S/C14H15N5/c1-19-9-5-11-13(10-3-7-16-8-4-10)17-12(2-6-15)18-14(11)19/h3-5,7-9H,2,6,15H2,1H3. The van der Waals surface area contributed by atoms with E-state index in [9.17, 15) is 0 Å². The SMILES string of the molecule is Cn1ccc2c(-c3ccncc3)nc(CCN)nc21. The quantitative estimate of drug-likeness (QED) is 0.768. The monoisotopic (exact) mass is 253 g/mol. The van der Waals surface area contributed by atoms with Crippen LogP contribution in [-0.4, -0.2) is 26.1 Å². The summed E-state index contributed by atoms with van der Waals surface area (Å²) in [5.74, 6) is 0.781. The molecule has 0 aliphatic heterocycles. The lowest BCUT2D eigenvalue weighted by molar-refractivity contribution is 0.861. The van der Waals surface area contributed by atoms with Crippen molar-refractivity contribution in [3.63, 3.8) is 0 Å². The molecule has 0 aromatic carbocycles. The van der Waals surface area contributed by atoms with E-state index >= 15 is 0 Å². The Kier molecular flexibility index (Phi) is 2.97. The average Bonchev–Trinajstić information content (AvgIpc) is 2.81. The Bertz CT molecular complexity index is 702. The molecule has 2 N–H and O–H groups in total. The van der Waals surface area contributed by atoms with Gasteiger partial charge in [-0.1, -0.05) is 0 Å². The predicted molar refractivity (Wildman–Crippen MR) is 74.5 cm³/mol. The summed E-state index contributed by atoms with van der Waals surface area (Å²) < 4.78 is 2.00. The first-order valence-corrected chi connectivity index (χ1v) is 6.22. The fraction of sp³-hybridized carbons (Fsp3) is 0.214. The van der Waals surface area contributed by atoms with E-state index in [1.165, 1.54) is 0 Å². The maximum absolute atomic E-state index is 5.61. The van der Waals surface area contributed by atoms with E-state index in [1.807, 2.05) is 36.0 Å². The lowest BCUT2D eigenvalue weighted by atomic mass is 10.1. The predicted octanol–water partition coefficient (Wildman–Crippen LogP) is 1.53. The highest BCUT2D eigenvalue weighted by atomic mass is 15.0. The Hall–Kier alpha value is -2.27. The Labute approximate surface area is 111 Å². The van der Waals surface area contributed by atoms with Gasteiger partial charge in [0.1, 0.15) is 11.5 Å². The Morgan fingerprint density at radius 3 is 2.68 bits per heavy atom. The van der Waals surface area contributed by atoms with Crippen molar-refractivity contribution in [2.24, 2.45) is 12.8 Å². The molecule has 19 heavy (non-hydrogen) atoms. The minimum Gasteiger partial charge on any atom is -0.335 e. The smallest absolute Gasteiger partial charge is 0.144 e. The van der Waals surface area contributed by atoms with Gasteiger partial charge in [-0.2, -0.15) is 0 Å². The number of nitrogens with two attached hydrogens (primary N) is 1. The fourth-order valence-corrected chi connectivity index (χ4v) is 2.15. The lowest BCUT2D eigenvalue weighted by Crippen LogP contribution is -2.08. The number of rotatable bonds is 3. The van der Waals surface area contributed by atoms with E-state index in [4.69, 9.17) is 5.73 Å². The number of fused-ring (bicyclic) bond motifs is 1. The second-order valence-electron chi connectivity index (χ2n) is 4.43. The molecule has 3 aromatic heterocycles. The van der Waals surface area contributed by atoms with Gasteiger partial charge < -0.3 is 10.3 Å². The molecular formula is C14H15N5. The van der Waals surface area contributed by atoms with Crippen molar-refractivity contribution in [1.82, 2.24) is 19.5 Å². The summed E-state index contributed by atoms with van der Waals surface area (Å²) in [5, 5.41) is 1.05.